The molecule has 1 aromatic carbocycles. The fraction of sp³-hybridized carbons (Fsp3) is 0.286. The summed E-state index contributed by atoms with van der Waals surface area (Å²) >= 11 is 0. The van der Waals surface area contributed by atoms with Crippen LogP contribution in [0.2, 0.25) is 0 Å². The van der Waals surface area contributed by atoms with Gasteiger partial charge in [0.1, 0.15) is 12.2 Å². The first kappa shape index (κ1) is 15.9. The number of fused-ring (bicyclic) bond motifs is 1. The van der Waals surface area contributed by atoms with E-state index in [4.69, 9.17) is 5.11 Å². The summed E-state index contributed by atoms with van der Waals surface area (Å²) in [4.78, 5) is 23.8. The van der Waals surface area contributed by atoms with Gasteiger partial charge in [-0.25, -0.2) is 0 Å². The largest absolute Gasteiger partial charge is 0.480 e. The van der Waals surface area contributed by atoms with E-state index in [1.807, 2.05) is 0 Å². The minimum Gasteiger partial charge on any atom is -0.480 e. The van der Waals surface area contributed by atoms with Gasteiger partial charge >= 0.3 is 12.1 Å². The number of aromatic nitrogens is 1. The minimum atomic E-state index is -4.46. The van der Waals surface area contributed by atoms with Crippen molar-refractivity contribution in [2.24, 2.45) is 7.05 Å². The number of carboxylic acid groups (broad SMARTS) is 1. The van der Waals surface area contributed by atoms with E-state index in [0.29, 0.717) is 5.52 Å². The Hall–Kier alpha value is -2.51. The maximum Gasteiger partial charge on any atom is 0.416 e. The molecule has 0 spiro atoms. The van der Waals surface area contributed by atoms with E-state index < -0.39 is 30.2 Å². The van der Waals surface area contributed by atoms with Crippen LogP contribution >= 0.6 is 0 Å². The lowest BCUT2D eigenvalue weighted by atomic mass is 10.1. The van der Waals surface area contributed by atoms with E-state index in [9.17, 15) is 22.8 Å². The van der Waals surface area contributed by atoms with E-state index in [1.165, 1.54) is 30.8 Å². The average Bonchev–Trinajstić information content (AvgIpc) is 2.73. The third kappa shape index (κ3) is 2.90. The van der Waals surface area contributed by atoms with Gasteiger partial charge in [-0.1, -0.05) is 0 Å². The molecule has 0 radical (unpaired) electrons. The van der Waals surface area contributed by atoms with Crippen molar-refractivity contribution in [3.05, 3.63) is 35.5 Å². The molecule has 2 aromatic rings. The van der Waals surface area contributed by atoms with Crippen LogP contribution in [-0.4, -0.2) is 40.0 Å². The van der Waals surface area contributed by atoms with Gasteiger partial charge < -0.3 is 14.6 Å². The normalized spacial score (nSPS) is 11.7. The van der Waals surface area contributed by atoms with Gasteiger partial charge in [-0.2, -0.15) is 13.2 Å². The number of halogens is 3. The Labute approximate surface area is 123 Å². The second kappa shape index (κ2) is 5.36. The first-order valence-electron chi connectivity index (χ1n) is 6.25. The Morgan fingerprint density at radius 3 is 2.45 bits per heavy atom. The summed E-state index contributed by atoms with van der Waals surface area (Å²) in [6, 6.07) is 4.51. The number of hydrogen-bond donors (Lipinski definition) is 1. The molecule has 1 N–H and O–H groups in total. The van der Waals surface area contributed by atoms with Crippen LogP contribution in [0, 0.1) is 0 Å². The van der Waals surface area contributed by atoms with Crippen LogP contribution < -0.4 is 0 Å². The summed E-state index contributed by atoms with van der Waals surface area (Å²) in [6.07, 6.45) is -4.46. The average molecular weight is 314 g/mol. The topological polar surface area (TPSA) is 62.5 Å². The van der Waals surface area contributed by atoms with Crippen molar-refractivity contribution in [2.45, 2.75) is 6.18 Å². The molecular formula is C14H13F3N2O3. The molecule has 0 unspecified atom stereocenters. The molecule has 22 heavy (non-hydrogen) atoms. The number of carboxylic acids is 1. The van der Waals surface area contributed by atoms with E-state index in [-0.39, 0.29) is 11.1 Å². The third-order valence-electron chi connectivity index (χ3n) is 3.31. The number of carbonyl (C=O) groups excluding carboxylic acids is 1. The molecular weight excluding hydrogens is 301 g/mol. The monoisotopic (exact) mass is 314 g/mol. The number of likely N-dealkylation sites (N-methyl/N-ethyl adjacent to an activating group) is 1. The predicted molar refractivity (Wildman–Crippen MR) is 72.5 cm³/mol. The Kier molecular flexibility index (Phi) is 3.87. The number of carbonyl (C=O) groups is 2. The Morgan fingerprint density at radius 2 is 1.91 bits per heavy atom. The van der Waals surface area contributed by atoms with Gasteiger partial charge in [-0.15, -0.1) is 0 Å². The molecule has 0 saturated carbocycles. The van der Waals surface area contributed by atoms with Crippen LogP contribution in [0.15, 0.2) is 24.3 Å². The summed E-state index contributed by atoms with van der Waals surface area (Å²) in [7, 11) is 2.85. The molecule has 5 nitrogen and oxygen atoms in total. The van der Waals surface area contributed by atoms with Crippen molar-refractivity contribution >= 4 is 22.8 Å². The van der Waals surface area contributed by atoms with Crippen molar-refractivity contribution < 1.29 is 27.9 Å². The quantitative estimate of drug-likeness (QED) is 0.946. The van der Waals surface area contributed by atoms with Gasteiger partial charge in [-0.3, -0.25) is 9.59 Å². The molecule has 8 heteroatoms. The zero-order valence-corrected chi connectivity index (χ0v) is 11.8. The highest BCUT2D eigenvalue weighted by molar-refractivity contribution is 5.99. The van der Waals surface area contributed by atoms with Crippen molar-refractivity contribution in [1.29, 1.82) is 0 Å². The first-order chi connectivity index (χ1) is 10.1. The number of aliphatic carboxylic acids is 1. The number of hydrogen-bond acceptors (Lipinski definition) is 2. The highest BCUT2D eigenvalue weighted by Gasteiger charge is 2.31. The predicted octanol–water partition coefficient (Wildman–Crippen LogP) is 2.35. The number of nitrogens with zero attached hydrogens (tertiary/aromatic N) is 2. The second-order valence-corrected chi connectivity index (χ2v) is 4.91. The van der Waals surface area contributed by atoms with Crippen molar-refractivity contribution in [3.63, 3.8) is 0 Å². The van der Waals surface area contributed by atoms with Crippen molar-refractivity contribution in [1.82, 2.24) is 9.47 Å². The van der Waals surface area contributed by atoms with Gasteiger partial charge in [0.25, 0.3) is 5.91 Å². The van der Waals surface area contributed by atoms with Gasteiger partial charge in [0.05, 0.1) is 5.56 Å². The molecule has 0 fully saturated rings. The number of aryl methyl sites for hydroxylation is 1. The molecule has 118 valence electrons. The van der Waals surface area contributed by atoms with Gasteiger partial charge in [0.15, 0.2) is 0 Å². The molecule has 0 atom stereocenters. The fourth-order valence-corrected chi connectivity index (χ4v) is 2.20. The minimum absolute atomic E-state index is 0.123. The van der Waals surface area contributed by atoms with E-state index in [0.717, 1.165) is 17.0 Å². The van der Waals surface area contributed by atoms with Crippen molar-refractivity contribution in [3.8, 4) is 0 Å². The summed E-state index contributed by atoms with van der Waals surface area (Å²) in [5, 5.41) is 8.96. The molecule has 0 aliphatic carbocycles. The third-order valence-corrected chi connectivity index (χ3v) is 3.31. The molecule has 0 aliphatic rings. The zero-order chi connectivity index (χ0) is 16.7. The second-order valence-electron chi connectivity index (χ2n) is 4.91. The van der Waals surface area contributed by atoms with Crippen LogP contribution in [0.25, 0.3) is 10.9 Å². The zero-order valence-electron chi connectivity index (χ0n) is 11.8. The molecule has 2 rings (SSSR count). The Morgan fingerprint density at radius 1 is 1.27 bits per heavy atom. The van der Waals surface area contributed by atoms with Gasteiger partial charge in [0, 0.05) is 25.0 Å². The number of amides is 1. The molecule has 1 aromatic heterocycles. The lowest BCUT2D eigenvalue weighted by Crippen LogP contribution is -2.33. The highest BCUT2D eigenvalue weighted by atomic mass is 19.4. The number of alkyl halides is 3. The Bertz CT molecular complexity index is 750. The molecule has 0 saturated heterocycles. The van der Waals surface area contributed by atoms with E-state index >= 15 is 0 Å². The van der Waals surface area contributed by atoms with Crippen LogP contribution in [0.1, 0.15) is 16.1 Å². The van der Waals surface area contributed by atoms with Crippen LogP contribution in [0.5, 0.6) is 0 Å². The summed E-state index contributed by atoms with van der Waals surface area (Å²) < 4.78 is 39.6. The van der Waals surface area contributed by atoms with Crippen LogP contribution in [0.4, 0.5) is 13.2 Å². The van der Waals surface area contributed by atoms with E-state index in [2.05, 4.69) is 0 Å². The molecule has 0 aliphatic heterocycles. The fourth-order valence-electron chi connectivity index (χ4n) is 2.20. The number of rotatable bonds is 3. The lowest BCUT2D eigenvalue weighted by molar-refractivity contribution is -0.138. The van der Waals surface area contributed by atoms with Crippen molar-refractivity contribution in [2.75, 3.05) is 13.6 Å². The molecule has 0 bridgehead atoms. The van der Waals surface area contributed by atoms with Crippen LogP contribution in [0.3, 0.4) is 0 Å². The van der Waals surface area contributed by atoms with E-state index in [1.54, 1.807) is 0 Å². The van der Waals surface area contributed by atoms with Gasteiger partial charge in [0.2, 0.25) is 0 Å². The first-order valence-corrected chi connectivity index (χ1v) is 6.25. The molecule has 1 heterocycles. The smallest absolute Gasteiger partial charge is 0.416 e. The summed E-state index contributed by atoms with van der Waals surface area (Å²) in [6.45, 7) is -0.492. The number of benzene rings is 1. The standard InChI is InChI=1S/C14H13F3N2O3/c1-18(7-12(20)21)13(22)11-6-8-5-9(14(15,16)17)3-4-10(8)19(11)2/h3-6H,7H2,1-2H3,(H,20,21). The Balaban J connectivity index is 2.46. The summed E-state index contributed by atoms with van der Waals surface area (Å²) in [5.41, 5.74) is -0.221. The maximum absolute atomic E-state index is 12.7. The SMILES string of the molecule is CN(CC(=O)O)C(=O)c1cc2cc(C(F)(F)F)ccc2n1C. The molecule has 1 amide bonds. The lowest BCUT2D eigenvalue weighted by Gasteiger charge is -2.14. The highest BCUT2D eigenvalue weighted by Crippen LogP contribution is 2.32. The van der Waals surface area contributed by atoms with Gasteiger partial charge in [-0.05, 0) is 24.3 Å². The summed E-state index contributed by atoms with van der Waals surface area (Å²) in [5.74, 6) is -1.75. The maximum atomic E-state index is 12.7. The van der Waals surface area contributed by atoms with Crippen LogP contribution in [-0.2, 0) is 18.0 Å².